The van der Waals surface area contributed by atoms with E-state index in [2.05, 4.69) is 16.0 Å². The Balaban J connectivity index is 2.27. The normalized spacial score (nSPS) is 19.6. The summed E-state index contributed by atoms with van der Waals surface area (Å²) in [4.78, 5) is 11.0. The first kappa shape index (κ1) is 18.2. The van der Waals surface area contributed by atoms with Crippen LogP contribution >= 0.6 is 23.2 Å². The number of hydrogen-bond donors (Lipinski definition) is 4. The zero-order chi connectivity index (χ0) is 18.9. The molecule has 10 heteroatoms. The van der Waals surface area contributed by atoms with Gasteiger partial charge in [-0.15, -0.1) is 0 Å². The molecule has 0 amide bonds. The molecule has 2 aromatic rings. The molecule has 134 valence electrons. The van der Waals surface area contributed by atoms with E-state index in [1.54, 1.807) is 24.3 Å². The SMILES string of the molecule is NNC1=C([N+](=O)[O-])[C@](O)(c2ccc(Cl)cc2)C(c2ccc(Cl)cc2)=NN1. The van der Waals surface area contributed by atoms with E-state index < -0.39 is 16.2 Å². The van der Waals surface area contributed by atoms with Crippen LogP contribution in [-0.2, 0) is 5.60 Å². The zero-order valence-corrected chi connectivity index (χ0v) is 14.6. The molecule has 26 heavy (non-hydrogen) atoms. The van der Waals surface area contributed by atoms with Crippen molar-refractivity contribution in [3.63, 3.8) is 0 Å². The van der Waals surface area contributed by atoms with Gasteiger partial charge in [-0.25, -0.2) is 5.84 Å². The highest BCUT2D eigenvalue weighted by molar-refractivity contribution is 6.31. The van der Waals surface area contributed by atoms with E-state index >= 15 is 0 Å². The lowest BCUT2D eigenvalue weighted by atomic mass is 9.81. The quantitative estimate of drug-likeness (QED) is 0.358. The number of rotatable bonds is 4. The van der Waals surface area contributed by atoms with E-state index in [0.29, 0.717) is 15.6 Å². The average molecular weight is 394 g/mol. The van der Waals surface area contributed by atoms with Crippen molar-refractivity contribution in [3.8, 4) is 0 Å². The molecule has 0 aromatic heterocycles. The Morgan fingerprint density at radius 3 is 2.15 bits per heavy atom. The molecule has 0 saturated heterocycles. The fourth-order valence-electron chi connectivity index (χ4n) is 2.71. The van der Waals surface area contributed by atoms with Crippen molar-refractivity contribution in [1.29, 1.82) is 0 Å². The van der Waals surface area contributed by atoms with Gasteiger partial charge in [-0.05, 0) is 24.3 Å². The molecule has 0 unspecified atom stereocenters. The molecule has 0 fully saturated rings. The van der Waals surface area contributed by atoms with Gasteiger partial charge in [-0.3, -0.25) is 15.5 Å². The number of nitrogens with zero attached hydrogens (tertiary/aromatic N) is 2. The summed E-state index contributed by atoms with van der Waals surface area (Å²) in [6.45, 7) is 0. The second-order valence-corrected chi connectivity index (χ2v) is 6.29. The lowest BCUT2D eigenvalue weighted by molar-refractivity contribution is -0.444. The molecular formula is C16H13Cl2N5O3. The van der Waals surface area contributed by atoms with E-state index in [1.165, 1.54) is 24.3 Å². The Kier molecular flexibility index (Phi) is 4.84. The molecule has 3 rings (SSSR count). The minimum atomic E-state index is -2.19. The van der Waals surface area contributed by atoms with Crippen LogP contribution in [0.3, 0.4) is 0 Å². The van der Waals surface area contributed by atoms with Crippen molar-refractivity contribution >= 4 is 28.9 Å². The number of aliphatic hydroxyl groups is 1. The summed E-state index contributed by atoms with van der Waals surface area (Å²) in [5, 5.41) is 28.3. The number of hydrazone groups is 1. The summed E-state index contributed by atoms with van der Waals surface area (Å²) in [6, 6.07) is 12.4. The average Bonchev–Trinajstić information content (AvgIpc) is 2.62. The predicted octanol–water partition coefficient (Wildman–Crippen LogP) is 2.10. The maximum Gasteiger partial charge on any atom is 0.331 e. The third-order valence-electron chi connectivity index (χ3n) is 3.91. The van der Waals surface area contributed by atoms with Gasteiger partial charge in [0.1, 0.15) is 5.71 Å². The van der Waals surface area contributed by atoms with Crippen LogP contribution in [0.1, 0.15) is 11.1 Å². The summed E-state index contributed by atoms with van der Waals surface area (Å²) in [5.74, 6) is 5.13. The summed E-state index contributed by atoms with van der Waals surface area (Å²) in [7, 11) is 0. The van der Waals surface area contributed by atoms with Gasteiger partial charge in [-0.2, -0.15) is 5.10 Å². The van der Waals surface area contributed by atoms with E-state index in [-0.39, 0.29) is 17.1 Å². The molecule has 0 saturated carbocycles. The Hall–Kier alpha value is -2.65. The standard InChI is InChI=1S/C16H13Cl2N5O3/c17-11-5-1-9(2-6-11)13-16(24,10-3-7-12(18)8-4-10)14(23(25)26)15(20-19)22-21-13/h1-8,20,22,24H,19H2/t16-/m0/s1. The van der Waals surface area contributed by atoms with Gasteiger partial charge >= 0.3 is 5.70 Å². The van der Waals surface area contributed by atoms with Gasteiger partial charge in [0.15, 0.2) is 0 Å². The highest BCUT2D eigenvalue weighted by Gasteiger charge is 2.52. The molecule has 8 nitrogen and oxygen atoms in total. The maximum atomic E-state index is 11.8. The van der Waals surface area contributed by atoms with Crippen LogP contribution in [0.15, 0.2) is 65.2 Å². The number of nitrogens with two attached hydrogens (primary N) is 1. The first-order valence-electron chi connectivity index (χ1n) is 7.32. The first-order chi connectivity index (χ1) is 12.4. The van der Waals surface area contributed by atoms with E-state index in [9.17, 15) is 15.2 Å². The molecule has 0 radical (unpaired) electrons. The minimum absolute atomic E-state index is 0.0159. The smallest absolute Gasteiger partial charge is 0.331 e. The second-order valence-electron chi connectivity index (χ2n) is 5.42. The Morgan fingerprint density at radius 1 is 1.12 bits per heavy atom. The number of halogens is 2. The third-order valence-corrected chi connectivity index (χ3v) is 4.41. The van der Waals surface area contributed by atoms with Crippen molar-refractivity contribution in [2.24, 2.45) is 10.9 Å². The lowest BCUT2D eigenvalue weighted by Crippen LogP contribution is -2.49. The van der Waals surface area contributed by atoms with Gasteiger partial charge in [-0.1, -0.05) is 47.5 Å². The van der Waals surface area contributed by atoms with Crippen LogP contribution < -0.4 is 16.7 Å². The molecule has 1 atom stereocenters. The monoisotopic (exact) mass is 393 g/mol. The molecule has 5 N–H and O–H groups in total. The van der Waals surface area contributed by atoms with Crippen LogP contribution in [0.4, 0.5) is 0 Å². The second kappa shape index (κ2) is 6.93. The molecular weight excluding hydrogens is 381 g/mol. The van der Waals surface area contributed by atoms with Crippen molar-refractivity contribution in [3.05, 3.63) is 91.3 Å². The van der Waals surface area contributed by atoms with Gasteiger partial charge in [0.05, 0.1) is 4.92 Å². The maximum absolute atomic E-state index is 11.8. The van der Waals surface area contributed by atoms with Crippen molar-refractivity contribution in [1.82, 2.24) is 10.9 Å². The molecule has 0 aliphatic carbocycles. The molecule has 1 aliphatic rings. The van der Waals surface area contributed by atoms with Gasteiger partial charge in [0.25, 0.3) is 0 Å². The predicted molar refractivity (Wildman–Crippen MR) is 97.8 cm³/mol. The fraction of sp³-hybridized carbons (Fsp3) is 0.0625. The van der Waals surface area contributed by atoms with Gasteiger partial charge in [0, 0.05) is 21.2 Å². The summed E-state index contributed by atoms with van der Waals surface area (Å²) in [6.07, 6.45) is 0. The number of hydrazine groups is 1. The molecule has 0 bridgehead atoms. The first-order valence-corrected chi connectivity index (χ1v) is 8.07. The molecule has 2 aromatic carbocycles. The summed E-state index contributed by atoms with van der Waals surface area (Å²) >= 11 is 11.8. The van der Waals surface area contributed by atoms with Crippen LogP contribution in [0.25, 0.3) is 0 Å². The number of nitro groups is 1. The van der Waals surface area contributed by atoms with E-state index in [1.807, 2.05) is 0 Å². The van der Waals surface area contributed by atoms with E-state index in [4.69, 9.17) is 29.0 Å². The number of hydrogen-bond acceptors (Lipinski definition) is 7. The van der Waals surface area contributed by atoms with Crippen molar-refractivity contribution in [2.45, 2.75) is 5.60 Å². The lowest BCUT2D eigenvalue weighted by Gasteiger charge is -2.31. The van der Waals surface area contributed by atoms with Gasteiger partial charge in [0.2, 0.25) is 11.4 Å². The van der Waals surface area contributed by atoms with Crippen LogP contribution in [-0.4, -0.2) is 15.7 Å². The third kappa shape index (κ3) is 2.99. The summed E-state index contributed by atoms with van der Waals surface area (Å²) < 4.78 is 0. The molecule has 1 heterocycles. The topological polar surface area (TPSA) is 126 Å². The fourth-order valence-corrected chi connectivity index (χ4v) is 2.96. The largest absolute Gasteiger partial charge is 0.369 e. The highest BCUT2D eigenvalue weighted by Crippen LogP contribution is 2.37. The van der Waals surface area contributed by atoms with Crippen molar-refractivity contribution < 1.29 is 10.0 Å². The zero-order valence-electron chi connectivity index (χ0n) is 13.1. The van der Waals surface area contributed by atoms with Crippen LogP contribution in [0, 0.1) is 10.1 Å². The van der Waals surface area contributed by atoms with Crippen molar-refractivity contribution in [2.75, 3.05) is 0 Å². The Bertz CT molecular complexity index is 912. The molecule has 0 spiro atoms. The summed E-state index contributed by atoms with van der Waals surface area (Å²) in [5.41, 5.74) is 2.52. The van der Waals surface area contributed by atoms with Gasteiger partial charge < -0.3 is 10.5 Å². The Labute approximate surface area is 158 Å². The number of benzene rings is 2. The molecule has 1 aliphatic heterocycles. The van der Waals surface area contributed by atoms with Crippen LogP contribution in [0.5, 0.6) is 0 Å². The van der Waals surface area contributed by atoms with E-state index in [0.717, 1.165) is 0 Å². The van der Waals surface area contributed by atoms with Crippen LogP contribution in [0.2, 0.25) is 10.0 Å². The Morgan fingerprint density at radius 2 is 1.65 bits per heavy atom. The minimum Gasteiger partial charge on any atom is -0.369 e. The highest BCUT2D eigenvalue weighted by atomic mass is 35.5. The number of nitrogens with one attached hydrogen (secondary N) is 2.